The molecule has 0 radical (unpaired) electrons. The largest absolute Gasteiger partial charge is 0.353 e. The molecule has 0 aliphatic rings. The van der Waals surface area contributed by atoms with Gasteiger partial charge in [-0.15, -0.1) is 0 Å². The van der Waals surface area contributed by atoms with Crippen LogP contribution in [0.15, 0.2) is 6.20 Å². The molecule has 0 aliphatic heterocycles. The summed E-state index contributed by atoms with van der Waals surface area (Å²) in [6.45, 7) is 10.2. The second kappa shape index (κ2) is 6.43. The van der Waals surface area contributed by atoms with Crippen LogP contribution in [0.25, 0.3) is 0 Å². The summed E-state index contributed by atoms with van der Waals surface area (Å²) in [6.07, 6.45) is 2.89. The van der Waals surface area contributed by atoms with Gasteiger partial charge in [0.25, 0.3) is 0 Å². The van der Waals surface area contributed by atoms with Gasteiger partial charge in [0.05, 0.1) is 0 Å². The van der Waals surface area contributed by atoms with Crippen LogP contribution in [0.2, 0.25) is 0 Å². The smallest absolute Gasteiger partial charge is 0.222 e. The van der Waals surface area contributed by atoms with Crippen LogP contribution in [0, 0.1) is 6.92 Å². The molecule has 0 aliphatic carbocycles. The zero-order valence-electron chi connectivity index (χ0n) is 10.7. The van der Waals surface area contributed by atoms with E-state index in [2.05, 4.69) is 41.4 Å². The second-order valence-electron chi connectivity index (χ2n) is 4.19. The van der Waals surface area contributed by atoms with E-state index >= 15 is 0 Å². The summed E-state index contributed by atoms with van der Waals surface area (Å²) in [5, 5.41) is 6.54. The first-order valence-electron chi connectivity index (χ1n) is 5.93. The van der Waals surface area contributed by atoms with Gasteiger partial charge in [-0.3, -0.25) is 0 Å². The summed E-state index contributed by atoms with van der Waals surface area (Å²) in [5.41, 5.74) is 2.28. The van der Waals surface area contributed by atoms with Gasteiger partial charge >= 0.3 is 0 Å². The minimum absolute atomic E-state index is 0.520. The lowest BCUT2D eigenvalue weighted by Gasteiger charge is -2.10. The van der Waals surface area contributed by atoms with Crippen molar-refractivity contribution in [3.05, 3.63) is 17.5 Å². The minimum atomic E-state index is 0.520. The lowest BCUT2D eigenvalue weighted by atomic mass is 10.2. The normalized spacial score (nSPS) is 10.8. The summed E-state index contributed by atoms with van der Waals surface area (Å²) < 4.78 is 0. The van der Waals surface area contributed by atoms with Crippen LogP contribution in [0.5, 0.6) is 0 Å². The van der Waals surface area contributed by atoms with Crippen LogP contribution >= 0.6 is 0 Å². The number of aryl methyl sites for hydroxylation is 2. The van der Waals surface area contributed by atoms with Crippen molar-refractivity contribution in [1.29, 1.82) is 0 Å². The highest BCUT2D eigenvalue weighted by Gasteiger charge is 2.00. The molecule has 0 bridgehead atoms. The van der Waals surface area contributed by atoms with Crippen LogP contribution in [-0.2, 0) is 6.42 Å². The van der Waals surface area contributed by atoms with E-state index in [0.29, 0.717) is 6.04 Å². The summed E-state index contributed by atoms with van der Waals surface area (Å²) in [4.78, 5) is 8.69. The number of nitrogens with one attached hydrogen (secondary N) is 2. The number of hydrogen-bond donors (Lipinski definition) is 2. The van der Waals surface area contributed by atoms with Crippen molar-refractivity contribution in [2.75, 3.05) is 18.4 Å². The Morgan fingerprint density at radius 2 is 2.06 bits per heavy atom. The van der Waals surface area contributed by atoms with Crippen molar-refractivity contribution >= 4 is 5.95 Å². The topological polar surface area (TPSA) is 49.8 Å². The maximum Gasteiger partial charge on any atom is 0.222 e. The fraction of sp³-hybridized carbons (Fsp3) is 0.667. The van der Waals surface area contributed by atoms with Gasteiger partial charge in [-0.1, -0.05) is 20.8 Å². The van der Waals surface area contributed by atoms with E-state index in [-0.39, 0.29) is 0 Å². The Balaban J connectivity index is 2.40. The molecule has 0 unspecified atom stereocenters. The zero-order chi connectivity index (χ0) is 12.0. The molecule has 4 nitrogen and oxygen atoms in total. The molecule has 0 saturated carbocycles. The Labute approximate surface area is 97.9 Å². The Kier molecular flexibility index (Phi) is 5.19. The van der Waals surface area contributed by atoms with E-state index < -0.39 is 0 Å². The molecule has 16 heavy (non-hydrogen) atoms. The molecule has 0 atom stereocenters. The predicted molar refractivity (Wildman–Crippen MR) is 67.8 cm³/mol. The Morgan fingerprint density at radius 3 is 2.62 bits per heavy atom. The van der Waals surface area contributed by atoms with Gasteiger partial charge < -0.3 is 10.6 Å². The van der Waals surface area contributed by atoms with Crippen LogP contribution in [0.3, 0.4) is 0 Å². The number of nitrogens with zero attached hydrogens (tertiary/aromatic N) is 2. The van der Waals surface area contributed by atoms with Crippen molar-refractivity contribution in [1.82, 2.24) is 15.3 Å². The molecule has 1 aromatic heterocycles. The van der Waals surface area contributed by atoms with Gasteiger partial charge in [0.1, 0.15) is 0 Å². The molecule has 0 aromatic carbocycles. The maximum atomic E-state index is 4.41. The van der Waals surface area contributed by atoms with Gasteiger partial charge in [-0.25, -0.2) is 9.97 Å². The summed E-state index contributed by atoms with van der Waals surface area (Å²) in [5.74, 6) is 0.722. The van der Waals surface area contributed by atoms with Crippen LogP contribution in [-0.4, -0.2) is 29.1 Å². The first-order chi connectivity index (χ1) is 7.63. The fourth-order valence-electron chi connectivity index (χ4n) is 1.46. The SMILES string of the molecule is CCc1cnc(NCCNC(C)C)nc1C. The van der Waals surface area contributed by atoms with Gasteiger partial charge in [0, 0.05) is 31.0 Å². The number of anilines is 1. The molecular weight excluding hydrogens is 200 g/mol. The van der Waals surface area contributed by atoms with Crippen molar-refractivity contribution in [2.45, 2.75) is 40.2 Å². The van der Waals surface area contributed by atoms with Gasteiger partial charge in [-0.2, -0.15) is 0 Å². The van der Waals surface area contributed by atoms with E-state index in [1.165, 1.54) is 5.56 Å². The van der Waals surface area contributed by atoms with E-state index in [4.69, 9.17) is 0 Å². The van der Waals surface area contributed by atoms with Crippen LogP contribution < -0.4 is 10.6 Å². The average molecular weight is 222 g/mol. The van der Waals surface area contributed by atoms with Crippen molar-refractivity contribution in [3.63, 3.8) is 0 Å². The van der Waals surface area contributed by atoms with Crippen molar-refractivity contribution in [2.24, 2.45) is 0 Å². The molecule has 1 heterocycles. The van der Waals surface area contributed by atoms with Crippen LogP contribution in [0.4, 0.5) is 5.95 Å². The molecule has 0 amide bonds. The van der Waals surface area contributed by atoms with Crippen LogP contribution in [0.1, 0.15) is 32.0 Å². The summed E-state index contributed by atoms with van der Waals surface area (Å²) >= 11 is 0. The van der Waals surface area contributed by atoms with E-state index in [9.17, 15) is 0 Å². The Bertz CT molecular complexity index is 323. The highest BCUT2D eigenvalue weighted by Crippen LogP contribution is 2.06. The lowest BCUT2D eigenvalue weighted by molar-refractivity contribution is 0.601. The highest BCUT2D eigenvalue weighted by molar-refractivity contribution is 5.28. The number of rotatable bonds is 6. The molecule has 0 spiro atoms. The van der Waals surface area contributed by atoms with Gasteiger partial charge in [-0.05, 0) is 18.9 Å². The quantitative estimate of drug-likeness (QED) is 0.720. The van der Waals surface area contributed by atoms with Crippen molar-refractivity contribution < 1.29 is 0 Å². The lowest BCUT2D eigenvalue weighted by Crippen LogP contribution is -2.28. The molecular formula is C12H22N4. The first-order valence-corrected chi connectivity index (χ1v) is 5.93. The fourth-order valence-corrected chi connectivity index (χ4v) is 1.46. The first kappa shape index (κ1) is 12.9. The molecule has 1 aromatic rings. The Hall–Kier alpha value is -1.16. The third kappa shape index (κ3) is 4.14. The molecule has 4 heteroatoms. The standard InChI is InChI=1S/C12H22N4/c1-5-11-8-15-12(16-10(11)4)14-7-6-13-9(2)3/h8-9,13H,5-7H2,1-4H3,(H,14,15,16). The third-order valence-electron chi connectivity index (χ3n) is 2.42. The molecule has 0 fully saturated rings. The van der Waals surface area contributed by atoms with Crippen molar-refractivity contribution in [3.8, 4) is 0 Å². The number of aromatic nitrogens is 2. The Morgan fingerprint density at radius 1 is 1.31 bits per heavy atom. The van der Waals surface area contributed by atoms with E-state index in [1.54, 1.807) is 0 Å². The zero-order valence-corrected chi connectivity index (χ0v) is 10.7. The van der Waals surface area contributed by atoms with Gasteiger partial charge in [0.15, 0.2) is 0 Å². The molecule has 90 valence electrons. The molecule has 2 N–H and O–H groups in total. The summed E-state index contributed by atoms with van der Waals surface area (Å²) in [6, 6.07) is 0.520. The maximum absolute atomic E-state index is 4.41. The summed E-state index contributed by atoms with van der Waals surface area (Å²) in [7, 11) is 0. The number of hydrogen-bond acceptors (Lipinski definition) is 4. The highest BCUT2D eigenvalue weighted by atomic mass is 15.1. The average Bonchev–Trinajstić information content (AvgIpc) is 2.24. The minimum Gasteiger partial charge on any atom is -0.353 e. The molecule has 0 saturated heterocycles. The second-order valence-corrected chi connectivity index (χ2v) is 4.19. The molecule has 1 rings (SSSR count). The van der Waals surface area contributed by atoms with E-state index in [1.807, 2.05) is 13.1 Å². The predicted octanol–water partition coefficient (Wildman–Crippen LogP) is 1.76. The monoisotopic (exact) mass is 222 g/mol. The van der Waals surface area contributed by atoms with Gasteiger partial charge in [0.2, 0.25) is 5.95 Å². The van der Waals surface area contributed by atoms with E-state index in [0.717, 1.165) is 31.2 Å². The third-order valence-corrected chi connectivity index (χ3v) is 2.42.